The summed E-state index contributed by atoms with van der Waals surface area (Å²) in [6.07, 6.45) is 0. The third-order valence-corrected chi connectivity index (χ3v) is 3.22. The highest BCUT2D eigenvalue weighted by Gasteiger charge is 2.14. The summed E-state index contributed by atoms with van der Waals surface area (Å²) in [6, 6.07) is 16.4. The van der Waals surface area contributed by atoms with Crippen LogP contribution in [0.5, 0.6) is 0 Å². The maximum absolute atomic E-state index is 12.7. The van der Waals surface area contributed by atoms with Crippen LogP contribution in [0, 0.1) is 0 Å². The molecular formula is C16H15N3O. The minimum atomic E-state index is -0.326. The molecule has 4 heteroatoms. The van der Waals surface area contributed by atoms with Crippen LogP contribution in [-0.4, -0.2) is 9.55 Å². The Balaban J connectivity index is 2.43. The van der Waals surface area contributed by atoms with Gasteiger partial charge in [-0.3, -0.25) is 9.36 Å². The van der Waals surface area contributed by atoms with Gasteiger partial charge in [-0.1, -0.05) is 30.3 Å². The molecule has 0 aliphatic rings. The maximum atomic E-state index is 12.7. The van der Waals surface area contributed by atoms with Gasteiger partial charge in [0.25, 0.3) is 5.56 Å². The van der Waals surface area contributed by atoms with Crippen molar-refractivity contribution in [3.8, 4) is 5.69 Å². The second-order valence-corrected chi connectivity index (χ2v) is 4.75. The lowest BCUT2D eigenvalue weighted by atomic mass is 10.2. The van der Waals surface area contributed by atoms with Crippen LogP contribution in [0.3, 0.4) is 0 Å². The molecule has 0 aliphatic heterocycles. The van der Waals surface area contributed by atoms with Gasteiger partial charge in [0, 0.05) is 0 Å². The van der Waals surface area contributed by atoms with Crippen molar-refractivity contribution in [3.63, 3.8) is 0 Å². The van der Waals surface area contributed by atoms with E-state index in [-0.39, 0.29) is 11.6 Å². The third-order valence-electron chi connectivity index (χ3n) is 3.22. The van der Waals surface area contributed by atoms with Crippen LogP contribution in [0.15, 0.2) is 59.4 Å². The van der Waals surface area contributed by atoms with Gasteiger partial charge in [0.1, 0.15) is 5.82 Å². The van der Waals surface area contributed by atoms with Crippen molar-refractivity contribution in [2.75, 3.05) is 0 Å². The lowest BCUT2D eigenvalue weighted by Crippen LogP contribution is -2.27. The van der Waals surface area contributed by atoms with E-state index >= 15 is 0 Å². The van der Waals surface area contributed by atoms with E-state index in [4.69, 9.17) is 5.73 Å². The average molecular weight is 265 g/mol. The summed E-state index contributed by atoms with van der Waals surface area (Å²) in [5.41, 5.74) is 7.36. The standard InChI is InChI=1S/C16H15N3O/c1-11(17)15-18-14-10-6-5-9-13(14)16(20)19(15)12-7-3-2-4-8-12/h2-11H,17H2,1H3. The zero-order chi connectivity index (χ0) is 14.1. The van der Waals surface area contributed by atoms with E-state index in [2.05, 4.69) is 4.98 Å². The Morgan fingerprint density at radius 3 is 2.40 bits per heavy atom. The molecule has 0 amide bonds. The number of para-hydroxylation sites is 2. The normalized spacial score (nSPS) is 12.5. The largest absolute Gasteiger partial charge is 0.322 e. The Labute approximate surface area is 116 Å². The number of aromatic nitrogens is 2. The van der Waals surface area contributed by atoms with E-state index in [1.54, 1.807) is 10.6 Å². The van der Waals surface area contributed by atoms with Crippen molar-refractivity contribution < 1.29 is 0 Å². The van der Waals surface area contributed by atoms with Crippen LogP contribution >= 0.6 is 0 Å². The molecule has 1 unspecified atom stereocenters. The molecule has 0 spiro atoms. The van der Waals surface area contributed by atoms with Gasteiger partial charge in [0.2, 0.25) is 0 Å². The minimum Gasteiger partial charge on any atom is -0.322 e. The number of nitrogens with two attached hydrogens (primary N) is 1. The van der Waals surface area contributed by atoms with Gasteiger partial charge >= 0.3 is 0 Å². The predicted molar refractivity (Wildman–Crippen MR) is 79.9 cm³/mol. The molecule has 3 rings (SSSR count). The molecule has 1 heterocycles. The van der Waals surface area contributed by atoms with Crippen LogP contribution in [0.4, 0.5) is 0 Å². The zero-order valence-electron chi connectivity index (χ0n) is 11.2. The molecule has 0 bridgehead atoms. The molecular weight excluding hydrogens is 250 g/mol. The molecule has 0 radical (unpaired) electrons. The Bertz CT molecular complexity index is 807. The summed E-state index contributed by atoms with van der Waals surface area (Å²) in [7, 11) is 0. The predicted octanol–water partition coefficient (Wildman–Crippen LogP) is 2.41. The summed E-state index contributed by atoms with van der Waals surface area (Å²) in [5, 5.41) is 0.598. The van der Waals surface area contributed by atoms with E-state index in [0.717, 1.165) is 5.69 Å². The molecule has 2 N–H and O–H groups in total. The van der Waals surface area contributed by atoms with Crippen molar-refractivity contribution in [2.45, 2.75) is 13.0 Å². The van der Waals surface area contributed by atoms with Gasteiger partial charge in [-0.25, -0.2) is 4.98 Å². The molecule has 0 aliphatic carbocycles. The first-order valence-corrected chi connectivity index (χ1v) is 6.51. The monoisotopic (exact) mass is 265 g/mol. The van der Waals surface area contributed by atoms with Crippen molar-refractivity contribution >= 4 is 10.9 Å². The van der Waals surface area contributed by atoms with Gasteiger partial charge in [-0.2, -0.15) is 0 Å². The SMILES string of the molecule is CC(N)c1nc2ccccc2c(=O)n1-c1ccccc1. The number of hydrogen-bond donors (Lipinski definition) is 1. The second kappa shape index (κ2) is 4.90. The molecule has 0 saturated carbocycles. The fourth-order valence-corrected chi connectivity index (χ4v) is 2.28. The van der Waals surface area contributed by atoms with Crippen molar-refractivity contribution in [2.24, 2.45) is 5.73 Å². The minimum absolute atomic E-state index is 0.0888. The van der Waals surface area contributed by atoms with Gasteiger partial charge in [-0.15, -0.1) is 0 Å². The van der Waals surface area contributed by atoms with Crippen molar-refractivity contribution in [1.29, 1.82) is 0 Å². The fraction of sp³-hybridized carbons (Fsp3) is 0.125. The van der Waals surface area contributed by atoms with Crippen LogP contribution in [0.25, 0.3) is 16.6 Å². The van der Waals surface area contributed by atoms with Crippen molar-refractivity contribution in [1.82, 2.24) is 9.55 Å². The summed E-state index contributed by atoms with van der Waals surface area (Å²) >= 11 is 0. The van der Waals surface area contributed by atoms with Gasteiger partial charge < -0.3 is 5.73 Å². The number of benzene rings is 2. The third kappa shape index (κ3) is 2.00. The van der Waals surface area contributed by atoms with Crippen LogP contribution < -0.4 is 11.3 Å². The molecule has 100 valence electrons. The molecule has 2 aromatic carbocycles. The maximum Gasteiger partial charge on any atom is 0.266 e. The van der Waals surface area contributed by atoms with E-state index in [0.29, 0.717) is 16.7 Å². The summed E-state index contributed by atoms with van der Waals surface area (Å²) in [5.74, 6) is 0.569. The van der Waals surface area contributed by atoms with E-state index < -0.39 is 0 Å². The smallest absolute Gasteiger partial charge is 0.266 e. The van der Waals surface area contributed by atoms with Crippen LogP contribution in [-0.2, 0) is 0 Å². The van der Waals surface area contributed by atoms with E-state index in [1.165, 1.54) is 0 Å². The van der Waals surface area contributed by atoms with Crippen LogP contribution in [0.2, 0.25) is 0 Å². The first-order chi connectivity index (χ1) is 9.68. The summed E-state index contributed by atoms with van der Waals surface area (Å²) in [6.45, 7) is 1.83. The second-order valence-electron chi connectivity index (χ2n) is 4.75. The van der Waals surface area contributed by atoms with Crippen LogP contribution in [0.1, 0.15) is 18.8 Å². The highest BCUT2D eigenvalue weighted by atomic mass is 16.1. The molecule has 0 saturated heterocycles. The van der Waals surface area contributed by atoms with E-state index in [1.807, 2.05) is 55.5 Å². The quantitative estimate of drug-likeness (QED) is 0.774. The average Bonchev–Trinajstić information content (AvgIpc) is 2.48. The first kappa shape index (κ1) is 12.6. The lowest BCUT2D eigenvalue weighted by molar-refractivity contribution is 0.696. The topological polar surface area (TPSA) is 60.9 Å². The number of hydrogen-bond acceptors (Lipinski definition) is 3. The van der Waals surface area contributed by atoms with Gasteiger partial charge in [0.15, 0.2) is 0 Å². The summed E-state index contributed by atoms with van der Waals surface area (Å²) < 4.78 is 1.59. The van der Waals surface area contributed by atoms with E-state index in [9.17, 15) is 4.79 Å². The van der Waals surface area contributed by atoms with Gasteiger partial charge in [-0.05, 0) is 31.2 Å². The molecule has 20 heavy (non-hydrogen) atoms. The molecule has 1 aromatic heterocycles. The Morgan fingerprint density at radius 1 is 1.05 bits per heavy atom. The molecule has 0 fully saturated rings. The zero-order valence-corrected chi connectivity index (χ0v) is 11.2. The molecule has 1 atom stereocenters. The molecule has 3 aromatic rings. The van der Waals surface area contributed by atoms with Crippen molar-refractivity contribution in [3.05, 3.63) is 70.8 Å². The summed E-state index contributed by atoms with van der Waals surface area (Å²) in [4.78, 5) is 17.3. The van der Waals surface area contributed by atoms with Gasteiger partial charge in [0.05, 0.1) is 22.6 Å². The molecule has 4 nitrogen and oxygen atoms in total. The highest BCUT2D eigenvalue weighted by Crippen LogP contribution is 2.16. The lowest BCUT2D eigenvalue weighted by Gasteiger charge is -2.15. The first-order valence-electron chi connectivity index (χ1n) is 6.51. The number of nitrogens with zero attached hydrogens (tertiary/aromatic N) is 2. The fourth-order valence-electron chi connectivity index (χ4n) is 2.28. The Kier molecular flexibility index (Phi) is 3.08. The number of rotatable bonds is 2. The Morgan fingerprint density at radius 2 is 1.70 bits per heavy atom. The Hall–Kier alpha value is -2.46. The highest BCUT2D eigenvalue weighted by molar-refractivity contribution is 5.77. The number of fused-ring (bicyclic) bond motifs is 1.